The number of carbonyl (C=O) groups excluding carboxylic acids is 2. The van der Waals surface area contributed by atoms with Crippen LogP contribution >= 0.6 is 0 Å². The summed E-state index contributed by atoms with van der Waals surface area (Å²) >= 11 is 0. The summed E-state index contributed by atoms with van der Waals surface area (Å²) in [7, 11) is -2.04. The summed E-state index contributed by atoms with van der Waals surface area (Å²) in [6.45, 7) is 0.619. The minimum Gasteiger partial charge on any atom is -0.465 e. The minimum atomic E-state index is -3.35. The highest BCUT2D eigenvalue weighted by Gasteiger charge is 2.52. The molecule has 2 fully saturated rings. The van der Waals surface area contributed by atoms with Crippen LogP contribution in [-0.4, -0.2) is 51.1 Å². The van der Waals surface area contributed by atoms with Gasteiger partial charge in [0.2, 0.25) is 15.9 Å². The summed E-state index contributed by atoms with van der Waals surface area (Å²) in [5.41, 5.74) is 0.560. The molecule has 1 aromatic carbocycles. The van der Waals surface area contributed by atoms with E-state index in [9.17, 15) is 18.0 Å². The maximum absolute atomic E-state index is 13.1. The molecule has 1 spiro atoms. The van der Waals surface area contributed by atoms with E-state index < -0.39 is 21.9 Å². The molecular formula is C19H26N2O5S. The Morgan fingerprint density at radius 2 is 1.93 bits per heavy atom. The first-order valence-electron chi connectivity index (χ1n) is 9.19. The molecule has 3 rings (SSSR count). The number of hydrogen-bond donors (Lipinski definition) is 1. The van der Waals surface area contributed by atoms with E-state index in [4.69, 9.17) is 4.74 Å². The van der Waals surface area contributed by atoms with E-state index in [1.165, 1.54) is 17.7 Å². The van der Waals surface area contributed by atoms with Crippen molar-refractivity contribution in [1.82, 2.24) is 4.31 Å². The van der Waals surface area contributed by atoms with Crippen LogP contribution in [0.5, 0.6) is 0 Å². The van der Waals surface area contributed by atoms with Gasteiger partial charge in [0.25, 0.3) is 0 Å². The number of ether oxygens (including phenoxy) is 1. The van der Waals surface area contributed by atoms with E-state index in [1.807, 2.05) is 0 Å². The van der Waals surface area contributed by atoms with Gasteiger partial charge < -0.3 is 10.1 Å². The highest BCUT2D eigenvalue weighted by Crippen LogP contribution is 2.48. The van der Waals surface area contributed by atoms with Gasteiger partial charge in [-0.25, -0.2) is 17.5 Å². The van der Waals surface area contributed by atoms with Gasteiger partial charge in [-0.1, -0.05) is 25.3 Å². The van der Waals surface area contributed by atoms with Crippen LogP contribution in [0.2, 0.25) is 0 Å². The zero-order valence-electron chi connectivity index (χ0n) is 15.7. The number of amides is 1. The molecule has 8 heteroatoms. The summed E-state index contributed by atoms with van der Waals surface area (Å²) in [6, 6.07) is 6.57. The van der Waals surface area contributed by atoms with Crippen molar-refractivity contribution in [2.75, 3.05) is 31.8 Å². The lowest BCUT2D eigenvalue weighted by molar-refractivity contribution is -0.123. The molecule has 148 valence electrons. The van der Waals surface area contributed by atoms with Gasteiger partial charge in [-0.2, -0.15) is 0 Å². The largest absolute Gasteiger partial charge is 0.465 e. The maximum Gasteiger partial charge on any atom is 0.337 e. The summed E-state index contributed by atoms with van der Waals surface area (Å²) in [4.78, 5) is 24.8. The summed E-state index contributed by atoms with van der Waals surface area (Å²) in [6.07, 6.45) is 6.07. The first-order chi connectivity index (χ1) is 12.7. The Morgan fingerprint density at radius 1 is 1.22 bits per heavy atom. The number of nitrogens with zero attached hydrogens (tertiary/aromatic N) is 1. The van der Waals surface area contributed by atoms with Gasteiger partial charge in [0.15, 0.2) is 0 Å². The topological polar surface area (TPSA) is 92.8 Å². The molecule has 1 aromatic rings. The molecular weight excluding hydrogens is 368 g/mol. The Morgan fingerprint density at radius 3 is 2.56 bits per heavy atom. The van der Waals surface area contributed by atoms with Gasteiger partial charge >= 0.3 is 5.97 Å². The van der Waals surface area contributed by atoms with Crippen molar-refractivity contribution < 1.29 is 22.7 Å². The smallest absolute Gasteiger partial charge is 0.337 e. The minimum absolute atomic E-state index is 0.190. The van der Waals surface area contributed by atoms with Crippen LogP contribution in [0.25, 0.3) is 0 Å². The second-order valence-electron chi connectivity index (χ2n) is 7.59. The molecule has 1 saturated heterocycles. The summed E-state index contributed by atoms with van der Waals surface area (Å²) < 4.78 is 30.3. The third-order valence-electron chi connectivity index (χ3n) is 5.80. The van der Waals surface area contributed by atoms with Crippen molar-refractivity contribution in [3.8, 4) is 0 Å². The first kappa shape index (κ1) is 19.8. The number of esters is 1. The Labute approximate surface area is 160 Å². The lowest BCUT2D eigenvalue weighted by atomic mass is 9.67. The van der Waals surface area contributed by atoms with Crippen LogP contribution in [0.15, 0.2) is 24.3 Å². The second-order valence-corrected chi connectivity index (χ2v) is 9.58. The molecule has 1 saturated carbocycles. The molecule has 1 unspecified atom stereocenters. The number of carbonyl (C=O) groups is 2. The number of nitrogens with one attached hydrogen (secondary N) is 1. The third kappa shape index (κ3) is 4.16. The predicted octanol–water partition coefficient (Wildman–Crippen LogP) is 2.25. The number of sulfonamides is 1. The Balaban J connectivity index is 1.82. The van der Waals surface area contributed by atoms with E-state index in [0.717, 1.165) is 32.1 Å². The molecule has 1 heterocycles. The van der Waals surface area contributed by atoms with E-state index in [2.05, 4.69) is 5.32 Å². The van der Waals surface area contributed by atoms with Gasteiger partial charge in [-0.15, -0.1) is 0 Å². The monoisotopic (exact) mass is 394 g/mol. The molecule has 0 bridgehead atoms. The van der Waals surface area contributed by atoms with Crippen LogP contribution in [-0.2, 0) is 19.6 Å². The van der Waals surface area contributed by atoms with E-state index in [0.29, 0.717) is 17.8 Å². The predicted molar refractivity (Wildman–Crippen MR) is 102 cm³/mol. The van der Waals surface area contributed by atoms with Crippen LogP contribution in [0.1, 0.15) is 42.5 Å². The normalized spacial score (nSPS) is 22.5. The second kappa shape index (κ2) is 7.59. The van der Waals surface area contributed by atoms with Gasteiger partial charge in [0, 0.05) is 18.8 Å². The van der Waals surface area contributed by atoms with E-state index in [-0.39, 0.29) is 17.9 Å². The standard InChI is InChI=1S/C19H26N2O5S/c1-26-18(23)14-7-6-8-15(11-14)20-17(22)16-12-21(27(2,24)25)13-19(16)9-4-3-5-10-19/h6-8,11,16H,3-5,9-10,12-13H2,1-2H3,(H,20,22). The highest BCUT2D eigenvalue weighted by atomic mass is 32.2. The van der Waals surface area contributed by atoms with Crippen molar-refractivity contribution in [2.45, 2.75) is 32.1 Å². The Kier molecular flexibility index (Phi) is 5.58. The zero-order chi connectivity index (χ0) is 19.7. The molecule has 1 atom stereocenters. The average molecular weight is 394 g/mol. The SMILES string of the molecule is COC(=O)c1cccc(NC(=O)C2CN(S(C)(=O)=O)CC23CCCCC3)c1. The molecule has 27 heavy (non-hydrogen) atoms. The quantitative estimate of drug-likeness (QED) is 0.791. The van der Waals surface area contributed by atoms with E-state index in [1.54, 1.807) is 24.3 Å². The van der Waals surface area contributed by atoms with Crippen molar-refractivity contribution in [2.24, 2.45) is 11.3 Å². The van der Waals surface area contributed by atoms with Crippen LogP contribution in [0, 0.1) is 11.3 Å². The lowest BCUT2D eigenvalue weighted by Crippen LogP contribution is -2.39. The summed E-state index contributed by atoms with van der Waals surface area (Å²) in [5, 5.41) is 2.88. The number of methoxy groups -OCH3 is 1. The van der Waals surface area contributed by atoms with Crippen molar-refractivity contribution >= 4 is 27.6 Å². The molecule has 1 aliphatic heterocycles. The number of rotatable bonds is 4. The van der Waals surface area contributed by atoms with Crippen molar-refractivity contribution in [3.05, 3.63) is 29.8 Å². The first-order valence-corrected chi connectivity index (χ1v) is 11.0. The average Bonchev–Trinajstić information content (AvgIpc) is 3.01. The molecule has 1 amide bonds. The van der Waals surface area contributed by atoms with Crippen molar-refractivity contribution in [3.63, 3.8) is 0 Å². The molecule has 1 N–H and O–H groups in total. The highest BCUT2D eigenvalue weighted by molar-refractivity contribution is 7.88. The lowest BCUT2D eigenvalue weighted by Gasteiger charge is -2.37. The van der Waals surface area contributed by atoms with Gasteiger partial charge in [-0.05, 0) is 36.5 Å². The third-order valence-corrected chi connectivity index (χ3v) is 7.02. The maximum atomic E-state index is 13.1. The molecule has 7 nitrogen and oxygen atoms in total. The Hall–Kier alpha value is -1.93. The Bertz CT molecular complexity index is 830. The molecule has 1 aliphatic carbocycles. The number of hydrogen-bond acceptors (Lipinski definition) is 5. The summed E-state index contributed by atoms with van der Waals surface area (Å²) in [5.74, 6) is -1.06. The van der Waals surface area contributed by atoms with Gasteiger partial charge in [-0.3, -0.25) is 4.79 Å². The van der Waals surface area contributed by atoms with E-state index >= 15 is 0 Å². The number of benzene rings is 1. The van der Waals surface area contributed by atoms with Crippen LogP contribution < -0.4 is 5.32 Å². The zero-order valence-corrected chi connectivity index (χ0v) is 16.5. The molecule has 2 aliphatic rings. The van der Waals surface area contributed by atoms with Crippen LogP contribution in [0.4, 0.5) is 5.69 Å². The molecule has 0 radical (unpaired) electrons. The van der Waals surface area contributed by atoms with Gasteiger partial charge in [0.05, 0.1) is 24.8 Å². The fourth-order valence-corrected chi connectivity index (χ4v) is 5.28. The number of anilines is 1. The van der Waals surface area contributed by atoms with Crippen LogP contribution in [0.3, 0.4) is 0 Å². The molecule has 0 aromatic heterocycles. The fraction of sp³-hybridized carbons (Fsp3) is 0.579. The fourth-order valence-electron chi connectivity index (χ4n) is 4.37. The van der Waals surface area contributed by atoms with Gasteiger partial charge in [0.1, 0.15) is 0 Å². The van der Waals surface area contributed by atoms with Crippen molar-refractivity contribution in [1.29, 1.82) is 0 Å².